The highest BCUT2D eigenvalue weighted by Crippen LogP contribution is 2.31. The minimum atomic E-state index is -0.0683. The molecule has 1 heterocycles. The molecule has 0 saturated heterocycles. The first-order valence-corrected chi connectivity index (χ1v) is 30.9. The highest BCUT2D eigenvalue weighted by Gasteiger charge is 2.12. The molecule has 1 aromatic heterocycles. The monoisotopic (exact) mass is 1130 g/mol. The molecule has 0 saturated carbocycles. The summed E-state index contributed by atoms with van der Waals surface area (Å²) >= 11 is 6.17. The highest BCUT2D eigenvalue weighted by atomic mass is 35.5. The van der Waals surface area contributed by atoms with Gasteiger partial charge in [0.15, 0.2) is 5.69 Å². The molecule has 0 unspecified atom stereocenters. The van der Waals surface area contributed by atoms with Crippen molar-refractivity contribution < 1.29 is 8.78 Å². The Morgan fingerprint density at radius 2 is 0.593 bits per heavy atom. The van der Waals surface area contributed by atoms with Gasteiger partial charge in [0.05, 0.1) is 6.57 Å². The average molecular weight is 1130 g/mol. The number of benzene rings is 5. The number of hydrogen-bond donors (Lipinski definition) is 0. The minimum Gasteiger partial charge on any atom is -0.261 e. The molecule has 0 N–H and O–H groups in total. The van der Waals surface area contributed by atoms with Crippen molar-refractivity contribution in [2.75, 3.05) is 0 Å². The van der Waals surface area contributed by atoms with E-state index in [1.807, 2.05) is 64.2 Å². The first-order chi connectivity index (χ1) is 37.6. The summed E-state index contributed by atoms with van der Waals surface area (Å²) in [6, 6.07) is 37.0. The van der Waals surface area contributed by atoms with Gasteiger partial charge in [-0.2, -0.15) is 0 Å². The van der Waals surface area contributed by atoms with Crippen molar-refractivity contribution in [3.8, 4) is 0 Å². The first-order valence-electron chi connectivity index (χ1n) is 30.5. The molecule has 0 bridgehead atoms. The second-order valence-electron chi connectivity index (χ2n) is 26.0. The van der Waals surface area contributed by atoms with Crippen LogP contribution in [0.3, 0.4) is 0 Å². The van der Waals surface area contributed by atoms with E-state index in [4.69, 9.17) is 18.2 Å². The molecule has 0 radical (unpaired) electrons. The van der Waals surface area contributed by atoms with Gasteiger partial charge in [-0.15, -0.1) is 0 Å². The quantitative estimate of drug-likeness (QED) is 0.112. The summed E-state index contributed by atoms with van der Waals surface area (Å²) in [6.07, 6.45) is 1.99. The standard InChI is InChI=1S/C13H17N.C12H17Cl.2C12H17F.C12H18.C11H17N.C4H10/c1-9(2)11-6-7-12(10(3)4)13(8-11)14-5;3*1-8(2)10-5-6-11(9(3)4)12(13)7-10;1-9(2)11-5-7-12(8-6-11)10(3)4;1-8(2)10-5-6-11(9(3)4)12-7-10;1-4(2)3/h6-10H,1-4H3;3*5-9H,1-4H3;5-10H,1-4H3;5-9H,1-4H3;4H,1-3H3. The van der Waals surface area contributed by atoms with E-state index in [1.165, 1.54) is 39.1 Å². The zero-order chi connectivity index (χ0) is 62.6. The summed E-state index contributed by atoms with van der Waals surface area (Å²) in [5.41, 5.74) is 14.9. The molecule has 0 atom stereocenters. The van der Waals surface area contributed by atoms with E-state index in [2.05, 4.69) is 236 Å². The van der Waals surface area contributed by atoms with E-state index in [9.17, 15) is 8.78 Å². The minimum absolute atomic E-state index is 0.0683. The molecule has 0 aliphatic rings. The van der Waals surface area contributed by atoms with Gasteiger partial charge in [-0.3, -0.25) is 4.98 Å². The second kappa shape index (κ2) is 38.6. The lowest BCUT2D eigenvalue weighted by molar-refractivity contribution is 0.594. The van der Waals surface area contributed by atoms with Gasteiger partial charge < -0.3 is 0 Å². The largest absolute Gasteiger partial charge is 0.261 e. The van der Waals surface area contributed by atoms with Gasteiger partial charge in [0.2, 0.25) is 0 Å². The molecule has 2 nitrogen and oxygen atoms in total. The third-order valence-electron chi connectivity index (χ3n) is 13.7. The summed E-state index contributed by atoms with van der Waals surface area (Å²) in [5, 5.41) is 0.904. The smallest absolute Gasteiger partial charge is 0.190 e. The summed E-state index contributed by atoms with van der Waals surface area (Å²) in [5.74, 6) is 6.42. The second-order valence-corrected chi connectivity index (χ2v) is 26.5. The summed E-state index contributed by atoms with van der Waals surface area (Å²) in [7, 11) is 0. The van der Waals surface area contributed by atoms with E-state index in [-0.39, 0.29) is 23.5 Å². The lowest BCUT2D eigenvalue weighted by atomic mass is 9.95. The summed E-state index contributed by atoms with van der Waals surface area (Å²) in [4.78, 5) is 7.98. The van der Waals surface area contributed by atoms with Crippen molar-refractivity contribution in [1.29, 1.82) is 0 Å². The third-order valence-corrected chi connectivity index (χ3v) is 14.1. The number of nitrogens with zero attached hydrogens (tertiary/aromatic N) is 2. The van der Waals surface area contributed by atoms with Crippen LogP contribution in [0.2, 0.25) is 5.02 Å². The molecule has 81 heavy (non-hydrogen) atoms. The van der Waals surface area contributed by atoms with Gasteiger partial charge in [-0.05, 0) is 157 Å². The van der Waals surface area contributed by atoms with Gasteiger partial charge in [0.1, 0.15) is 11.6 Å². The fraction of sp³-hybridized carbons (Fsp3) is 0.526. The van der Waals surface area contributed by atoms with Crippen LogP contribution in [0.15, 0.2) is 115 Å². The predicted molar refractivity (Wildman–Crippen MR) is 357 cm³/mol. The molecule has 5 aromatic carbocycles. The van der Waals surface area contributed by atoms with Crippen LogP contribution in [-0.4, -0.2) is 4.98 Å². The highest BCUT2D eigenvalue weighted by molar-refractivity contribution is 6.31. The molecule has 6 rings (SSSR count). The van der Waals surface area contributed by atoms with Crippen LogP contribution in [0.1, 0.15) is 325 Å². The van der Waals surface area contributed by atoms with Crippen LogP contribution in [-0.2, 0) is 0 Å². The zero-order valence-corrected chi connectivity index (χ0v) is 56.8. The Morgan fingerprint density at radius 3 is 0.840 bits per heavy atom. The Morgan fingerprint density at radius 1 is 0.321 bits per heavy atom. The number of rotatable bonds is 12. The Hall–Kier alpha value is -5.11. The zero-order valence-electron chi connectivity index (χ0n) is 56.0. The van der Waals surface area contributed by atoms with Gasteiger partial charge in [0, 0.05) is 16.9 Å². The number of pyridine rings is 1. The summed E-state index contributed by atoms with van der Waals surface area (Å²) in [6.45, 7) is 64.8. The molecule has 6 aromatic rings. The van der Waals surface area contributed by atoms with Crippen LogP contribution in [0.4, 0.5) is 14.5 Å². The molecule has 0 spiro atoms. The maximum atomic E-state index is 13.5. The lowest BCUT2D eigenvalue weighted by Crippen LogP contribution is -1.96. The number of aromatic nitrogens is 1. The van der Waals surface area contributed by atoms with Crippen molar-refractivity contribution in [3.63, 3.8) is 0 Å². The SMILES string of the molecule is CC(C)C.CC(C)c1ccc(C(C)C)c(Cl)c1.CC(C)c1ccc(C(C)C)c(F)c1.CC(C)c1ccc(C(C)C)c(F)c1.CC(C)c1ccc(C(C)C)cc1.CC(C)c1ccc(C(C)C)nc1.[C-]#[N+]c1cc(C(C)C)ccc1C(C)C. The Bertz CT molecular complexity index is 2430. The molecule has 0 fully saturated rings. The van der Waals surface area contributed by atoms with Crippen molar-refractivity contribution in [1.82, 2.24) is 4.98 Å². The lowest BCUT2D eigenvalue weighted by Gasteiger charge is -2.11. The van der Waals surface area contributed by atoms with Crippen LogP contribution in [0.25, 0.3) is 4.85 Å². The van der Waals surface area contributed by atoms with Crippen molar-refractivity contribution >= 4 is 17.3 Å². The maximum absolute atomic E-state index is 13.5. The van der Waals surface area contributed by atoms with E-state index >= 15 is 0 Å². The predicted octanol–water partition coefficient (Wildman–Crippen LogP) is 26.1. The fourth-order valence-corrected chi connectivity index (χ4v) is 8.39. The van der Waals surface area contributed by atoms with Crippen LogP contribution in [0, 0.1) is 24.1 Å². The van der Waals surface area contributed by atoms with E-state index in [0.717, 1.165) is 44.4 Å². The maximum Gasteiger partial charge on any atom is 0.190 e. The average Bonchev–Trinajstić information content (AvgIpc) is 3.38. The van der Waals surface area contributed by atoms with Crippen molar-refractivity contribution in [2.45, 2.75) is 258 Å². The number of hydrogen-bond acceptors (Lipinski definition) is 1. The molecular weight excluding hydrogens is 1010 g/mol. The normalized spacial score (nSPS) is 11.0. The first kappa shape index (κ1) is 75.9. The third kappa shape index (κ3) is 29.1. The Balaban J connectivity index is 0.000000935. The van der Waals surface area contributed by atoms with Crippen LogP contribution >= 0.6 is 11.6 Å². The van der Waals surface area contributed by atoms with Crippen molar-refractivity contribution in [2.24, 2.45) is 5.92 Å². The van der Waals surface area contributed by atoms with Gasteiger partial charge in [-0.25, -0.2) is 13.6 Å². The van der Waals surface area contributed by atoms with Gasteiger partial charge in [-0.1, -0.05) is 289 Å². The van der Waals surface area contributed by atoms with Crippen LogP contribution < -0.4 is 0 Å². The topological polar surface area (TPSA) is 17.2 Å². The Kier molecular flexibility index (Phi) is 36.2. The molecule has 5 heteroatoms. The van der Waals surface area contributed by atoms with E-state index in [1.54, 1.807) is 12.1 Å². The molecule has 0 aliphatic heterocycles. The van der Waals surface area contributed by atoms with Gasteiger partial charge >= 0.3 is 0 Å². The van der Waals surface area contributed by atoms with E-state index < -0.39 is 0 Å². The molecule has 0 amide bonds. The summed E-state index contributed by atoms with van der Waals surface area (Å²) < 4.78 is 26.9. The molecule has 448 valence electrons. The molecule has 0 aliphatic carbocycles. The van der Waals surface area contributed by atoms with Crippen LogP contribution in [0.5, 0.6) is 0 Å². The van der Waals surface area contributed by atoms with Crippen molar-refractivity contribution in [3.05, 3.63) is 210 Å². The fourth-order valence-electron chi connectivity index (χ4n) is 7.98. The molecular formula is C76H113ClF2N2. The number of halogens is 3. The van der Waals surface area contributed by atoms with E-state index in [0.29, 0.717) is 59.2 Å². The Labute approximate surface area is 502 Å². The van der Waals surface area contributed by atoms with Gasteiger partial charge in [0.25, 0.3) is 0 Å².